The lowest BCUT2D eigenvalue weighted by molar-refractivity contribution is -0.153. The van der Waals surface area contributed by atoms with Gasteiger partial charge in [0.05, 0.1) is 13.2 Å². The van der Waals surface area contributed by atoms with Gasteiger partial charge >= 0.3 is 5.97 Å². The molecule has 0 unspecified atom stereocenters. The summed E-state index contributed by atoms with van der Waals surface area (Å²) in [5, 5.41) is 0. The molecule has 0 saturated carbocycles. The van der Waals surface area contributed by atoms with Crippen molar-refractivity contribution in [3.05, 3.63) is 29.6 Å². The Hall–Kier alpha value is -1.91. The molecule has 1 aromatic carbocycles. The minimum absolute atomic E-state index is 0.124. The van der Waals surface area contributed by atoms with Crippen LogP contribution in [0.15, 0.2) is 18.2 Å². The van der Waals surface area contributed by atoms with E-state index in [4.69, 9.17) is 4.74 Å². The molecular weight excluding hydrogens is 263 g/mol. The molecule has 0 spiro atoms. The van der Waals surface area contributed by atoms with Crippen molar-refractivity contribution < 1.29 is 23.5 Å². The second kappa shape index (κ2) is 8.30. The molecule has 110 valence electrons. The van der Waals surface area contributed by atoms with Crippen molar-refractivity contribution in [3.63, 3.8) is 0 Å². The van der Waals surface area contributed by atoms with E-state index in [2.05, 4.69) is 4.74 Å². The van der Waals surface area contributed by atoms with E-state index in [-0.39, 0.29) is 18.8 Å². The summed E-state index contributed by atoms with van der Waals surface area (Å²) >= 11 is 0. The molecule has 1 aromatic rings. The number of carbonyl (C=O) groups excluding carboxylic acids is 2. The van der Waals surface area contributed by atoms with Crippen LogP contribution in [0.2, 0.25) is 0 Å². The molecule has 0 N–H and O–H groups in total. The van der Waals surface area contributed by atoms with Gasteiger partial charge in [0.2, 0.25) is 5.78 Å². The van der Waals surface area contributed by atoms with Gasteiger partial charge in [-0.05, 0) is 44.4 Å². The highest BCUT2D eigenvalue weighted by Gasteiger charge is 2.13. The van der Waals surface area contributed by atoms with E-state index in [0.717, 1.165) is 5.56 Å². The molecule has 0 saturated heterocycles. The SMILES string of the molecule is CCOC(=O)C(=O)CCCCOc1cc(C)ccc1F. The average Bonchev–Trinajstić information content (AvgIpc) is 2.42. The van der Waals surface area contributed by atoms with E-state index >= 15 is 0 Å². The number of rotatable bonds is 8. The molecule has 0 atom stereocenters. The normalized spacial score (nSPS) is 10.2. The summed E-state index contributed by atoms with van der Waals surface area (Å²) < 4.78 is 23.3. The summed E-state index contributed by atoms with van der Waals surface area (Å²) in [5.41, 5.74) is 0.916. The van der Waals surface area contributed by atoms with Gasteiger partial charge < -0.3 is 9.47 Å². The first kappa shape index (κ1) is 16.1. The molecule has 5 heteroatoms. The Balaban J connectivity index is 2.24. The third-order valence-electron chi connectivity index (χ3n) is 2.65. The summed E-state index contributed by atoms with van der Waals surface area (Å²) in [7, 11) is 0. The lowest BCUT2D eigenvalue weighted by Crippen LogP contribution is -2.17. The highest BCUT2D eigenvalue weighted by atomic mass is 19.1. The van der Waals surface area contributed by atoms with Gasteiger partial charge in [0.15, 0.2) is 11.6 Å². The number of Topliss-reactive ketones (excluding diaryl/α,β-unsaturated/α-hetero) is 1. The van der Waals surface area contributed by atoms with Gasteiger partial charge in [0, 0.05) is 6.42 Å². The third kappa shape index (κ3) is 5.38. The lowest BCUT2D eigenvalue weighted by atomic mass is 10.2. The summed E-state index contributed by atoms with van der Waals surface area (Å²) in [5.74, 6) is -1.52. The van der Waals surface area contributed by atoms with E-state index in [9.17, 15) is 14.0 Å². The number of ether oxygens (including phenoxy) is 2. The minimum Gasteiger partial charge on any atom is -0.491 e. The average molecular weight is 282 g/mol. The zero-order chi connectivity index (χ0) is 15.0. The van der Waals surface area contributed by atoms with Crippen LogP contribution in [0.1, 0.15) is 31.7 Å². The van der Waals surface area contributed by atoms with Crippen molar-refractivity contribution >= 4 is 11.8 Å². The molecule has 0 aliphatic rings. The van der Waals surface area contributed by atoms with Gasteiger partial charge in [0.25, 0.3) is 0 Å². The van der Waals surface area contributed by atoms with Crippen LogP contribution in [0, 0.1) is 12.7 Å². The van der Waals surface area contributed by atoms with Crippen LogP contribution in [0.4, 0.5) is 4.39 Å². The second-order valence-corrected chi connectivity index (χ2v) is 4.38. The number of aryl methyl sites for hydroxylation is 1. The maximum Gasteiger partial charge on any atom is 0.374 e. The molecule has 4 nitrogen and oxygen atoms in total. The standard InChI is InChI=1S/C15H19FO4/c1-3-19-15(18)13(17)6-4-5-9-20-14-10-11(2)7-8-12(14)16/h7-8,10H,3-6,9H2,1-2H3. The summed E-state index contributed by atoms with van der Waals surface area (Å²) in [4.78, 5) is 22.3. The summed E-state index contributed by atoms with van der Waals surface area (Å²) in [6.45, 7) is 4.00. The number of esters is 1. The van der Waals surface area contributed by atoms with Crippen LogP contribution >= 0.6 is 0 Å². The number of unbranched alkanes of at least 4 members (excludes halogenated alkanes) is 1. The molecule has 0 aliphatic heterocycles. The van der Waals surface area contributed by atoms with Crippen LogP contribution in [0.3, 0.4) is 0 Å². The zero-order valence-electron chi connectivity index (χ0n) is 11.8. The number of hydrogen-bond acceptors (Lipinski definition) is 4. The Morgan fingerprint density at radius 2 is 2.00 bits per heavy atom. The van der Waals surface area contributed by atoms with Crippen molar-refractivity contribution in [3.8, 4) is 5.75 Å². The number of benzene rings is 1. The molecular formula is C15H19FO4. The van der Waals surface area contributed by atoms with Gasteiger partial charge in [-0.1, -0.05) is 6.07 Å². The molecule has 20 heavy (non-hydrogen) atoms. The Morgan fingerprint density at radius 3 is 2.70 bits per heavy atom. The maximum atomic E-state index is 13.4. The van der Waals surface area contributed by atoms with Gasteiger partial charge in [-0.3, -0.25) is 4.79 Å². The van der Waals surface area contributed by atoms with E-state index in [1.54, 1.807) is 19.1 Å². The number of carbonyl (C=O) groups is 2. The second-order valence-electron chi connectivity index (χ2n) is 4.38. The van der Waals surface area contributed by atoms with Crippen molar-refractivity contribution in [2.75, 3.05) is 13.2 Å². The predicted molar refractivity (Wildman–Crippen MR) is 72.1 cm³/mol. The molecule has 0 heterocycles. The first-order valence-electron chi connectivity index (χ1n) is 6.63. The van der Waals surface area contributed by atoms with Crippen LogP contribution in [-0.2, 0) is 14.3 Å². The van der Waals surface area contributed by atoms with Crippen molar-refractivity contribution in [2.24, 2.45) is 0 Å². The fourth-order valence-corrected chi connectivity index (χ4v) is 1.60. The molecule has 0 radical (unpaired) electrons. The molecule has 0 amide bonds. The van der Waals surface area contributed by atoms with E-state index in [1.807, 2.05) is 6.92 Å². The van der Waals surface area contributed by atoms with Crippen molar-refractivity contribution in [1.29, 1.82) is 0 Å². The van der Waals surface area contributed by atoms with Gasteiger partial charge in [-0.2, -0.15) is 0 Å². The summed E-state index contributed by atoms with van der Waals surface area (Å²) in [6.07, 6.45) is 1.20. The topological polar surface area (TPSA) is 52.6 Å². The quantitative estimate of drug-likeness (QED) is 0.418. The van der Waals surface area contributed by atoms with Crippen molar-refractivity contribution in [2.45, 2.75) is 33.1 Å². The Morgan fingerprint density at radius 1 is 1.25 bits per heavy atom. The zero-order valence-corrected chi connectivity index (χ0v) is 11.8. The first-order valence-corrected chi connectivity index (χ1v) is 6.63. The van der Waals surface area contributed by atoms with E-state index in [1.165, 1.54) is 6.07 Å². The number of ketones is 1. The van der Waals surface area contributed by atoms with Crippen LogP contribution < -0.4 is 4.74 Å². The third-order valence-corrected chi connectivity index (χ3v) is 2.65. The Labute approximate surface area is 117 Å². The van der Waals surface area contributed by atoms with Crippen molar-refractivity contribution in [1.82, 2.24) is 0 Å². The predicted octanol–water partition coefficient (Wildman–Crippen LogP) is 2.82. The molecule has 0 aromatic heterocycles. The molecule has 1 rings (SSSR count). The molecule has 0 aliphatic carbocycles. The fraction of sp³-hybridized carbons (Fsp3) is 0.467. The van der Waals surface area contributed by atoms with Crippen LogP contribution in [0.5, 0.6) is 5.75 Å². The monoisotopic (exact) mass is 282 g/mol. The largest absolute Gasteiger partial charge is 0.491 e. The lowest BCUT2D eigenvalue weighted by Gasteiger charge is -2.07. The van der Waals surface area contributed by atoms with Crippen LogP contribution in [0.25, 0.3) is 0 Å². The van der Waals surface area contributed by atoms with Crippen LogP contribution in [-0.4, -0.2) is 25.0 Å². The Bertz CT molecular complexity index is 471. The van der Waals surface area contributed by atoms with Gasteiger partial charge in [-0.15, -0.1) is 0 Å². The molecule has 0 bridgehead atoms. The summed E-state index contributed by atoms with van der Waals surface area (Å²) in [6, 6.07) is 4.65. The first-order chi connectivity index (χ1) is 9.54. The number of hydrogen-bond donors (Lipinski definition) is 0. The molecule has 0 fully saturated rings. The maximum absolute atomic E-state index is 13.4. The van der Waals surface area contributed by atoms with Gasteiger partial charge in [-0.25, -0.2) is 9.18 Å². The highest BCUT2D eigenvalue weighted by Crippen LogP contribution is 2.18. The highest BCUT2D eigenvalue weighted by molar-refractivity contribution is 6.33. The Kier molecular flexibility index (Phi) is 6.70. The number of halogens is 1. The minimum atomic E-state index is -0.793. The smallest absolute Gasteiger partial charge is 0.374 e. The van der Waals surface area contributed by atoms with E-state index in [0.29, 0.717) is 19.4 Å². The van der Waals surface area contributed by atoms with Gasteiger partial charge in [0.1, 0.15) is 0 Å². The van der Waals surface area contributed by atoms with E-state index < -0.39 is 17.6 Å². The fourth-order valence-electron chi connectivity index (χ4n) is 1.60.